The lowest BCUT2D eigenvalue weighted by atomic mass is 9.75. The van der Waals surface area contributed by atoms with Gasteiger partial charge >= 0.3 is 12.1 Å². The minimum atomic E-state index is -4.57. The van der Waals surface area contributed by atoms with Crippen molar-refractivity contribution in [3.8, 4) is 0 Å². The number of hydrogen-bond acceptors (Lipinski definition) is 6. The Morgan fingerprint density at radius 1 is 1.28 bits per heavy atom. The van der Waals surface area contributed by atoms with Crippen LogP contribution in [-0.4, -0.2) is 40.2 Å². The zero-order valence-corrected chi connectivity index (χ0v) is 22.5. The molecule has 1 N–H and O–H groups in total. The van der Waals surface area contributed by atoms with E-state index >= 15 is 0 Å². The lowest BCUT2D eigenvalue weighted by Crippen LogP contribution is -2.38. The van der Waals surface area contributed by atoms with E-state index in [-0.39, 0.29) is 25.0 Å². The summed E-state index contributed by atoms with van der Waals surface area (Å²) in [5, 5.41) is 13.3. The monoisotopic (exact) mass is 527 g/mol. The van der Waals surface area contributed by atoms with Gasteiger partial charge in [0.2, 0.25) is 0 Å². The maximum absolute atomic E-state index is 13.7. The summed E-state index contributed by atoms with van der Waals surface area (Å²) in [5.41, 5.74) is -0.434. The number of hydrogen-bond donors (Lipinski definition) is 1. The van der Waals surface area contributed by atoms with Crippen molar-refractivity contribution in [3.63, 3.8) is 0 Å². The summed E-state index contributed by atoms with van der Waals surface area (Å²) in [6, 6.07) is 0. The largest absolute Gasteiger partial charge is 0.457 e. The number of ether oxygens (including phenoxy) is 1. The fourth-order valence-electron chi connectivity index (χ4n) is 4.17. The summed E-state index contributed by atoms with van der Waals surface area (Å²) in [6.07, 6.45) is -1.33. The Bertz CT molecular complexity index is 1020. The normalized spacial score (nSPS) is 29.8. The number of cyclic esters (lactones) is 1. The number of allylic oxidation sites excluding steroid dienone is 2. The molecule has 200 valence electrons. The van der Waals surface area contributed by atoms with Gasteiger partial charge in [-0.15, -0.1) is 11.3 Å². The molecular weight excluding hydrogens is 491 g/mol. The lowest BCUT2D eigenvalue weighted by Gasteiger charge is -2.30. The highest BCUT2D eigenvalue weighted by molar-refractivity contribution is 7.09. The van der Waals surface area contributed by atoms with Gasteiger partial charge in [0, 0.05) is 41.0 Å². The van der Waals surface area contributed by atoms with E-state index in [0.29, 0.717) is 11.3 Å². The topological polar surface area (TPSA) is 76.5 Å². The first-order valence-corrected chi connectivity index (χ1v) is 12.9. The molecule has 1 aliphatic heterocycles. The molecule has 0 radical (unpaired) electrons. The van der Waals surface area contributed by atoms with Crippen LogP contribution < -0.4 is 0 Å². The molecule has 0 saturated heterocycles. The van der Waals surface area contributed by atoms with E-state index < -0.39 is 53.6 Å². The van der Waals surface area contributed by atoms with Crippen LogP contribution in [0.25, 0.3) is 6.08 Å². The predicted molar refractivity (Wildman–Crippen MR) is 135 cm³/mol. The molecular formula is C27H36F3NO4S. The van der Waals surface area contributed by atoms with Crippen molar-refractivity contribution in [2.24, 2.45) is 17.3 Å². The molecule has 0 aliphatic carbocycles. The summed E-state index contributed by atoms with van der Waals surface area (Å²) >= 11 is 1.44. The standard InChI is InChI=1S/C27H36F3NO4S/c1-16-8-7-9-20(27(28,29)30)10-11-22(17(2)14-21-15-36-19(4)31-21)35-23(32)12-13-26(5,6)25(34)18(3)24(16)33/h7-8,10,14-16,18,22,24,33H,9,11-13H2,1-6H3/b8-7+,17-14-,20-10+. The van der Waals surface area contributed by atoms with Gasteiger partial charge < -0.3 is 9.84 Å². The van der Waals surface area contributed by atoms with Crippen LogP contribution in [-0.2, 0) is 14.3 Å². The number of aliphatic hydroxyl groups is 1. The Morgan fingerprint density at radius 2 is 1.94 bits per heavy atom. The Hall–Kier alpha value is -2.26. The fraction of sp³-hybridized carbons (Fsp3) is 0.593. The number of ketones is 1. The summed E-state index contributed by atoms with van der Waals surface area (Å²) in [6.45, 7) is 10.3. The van der Waals surface area contributed by atoms with E-state index in [1.807, 2.05) is 12.3 Å². The molecule has 0 fully saturated rings. The fourth-order valence-corrected chi connectivity index (χ4v) is 4.74. The van der Waals surface area contributed by atoms with Crippen molar-refractivity contribution >= 4 is 29.2 Å². The third-order valence-electron chi connectivity index (χ3n) is 6.60. The molecule has 0 saturated carbocycles. The highest BCUT2D eigenvalue weighted by atomic mass is 32.1. The number of halogens is 3. The van der Waals surface area contributed by atoms with E-state index in [2.05, 4.69) is 4.98 Å². The average Bonchev–Trinajstić information content (AvgIpc) is 3.20. The Labute approximate surface area is 215 Å². The maximum Gasteiger partial charge on any atom is 0.412 e. The van der Waals surface area contributed by atoms with Crippen LogP contribution in [0.4, 0.5) is 13.2 Å². The van der Waals surface area contributed by atoms with E-state index in [9.17, 15) is 27.9 Å². The second kappa shape index (κ2) is 12.3. The number of Topliss-reactive ketones (excluding diaryl/α,β-unsaturated/α-hetero) is 1. The van der Waals surface area contributed by atoms with E-state index in [1.54, 1.807) is 40.7 Å². The average molecular weight is 528 g/mol. The van der Waals surface area contributed by atoms with Crippen LogP contribution in [0.3, 0.4) is 0 Å². The Morgan fingerprint density at radius 3 is 2.53 bits per heavy atom. The molecule has 0 spiro atoms. The molecule has 1 aromatic heterocycles. The van der Waals surface area contributed by atoms with Crippen molar-refractivity contribution in [2.75, 3.05) is 0 Å². The molecule has 4 unspecified atom stereocenters. The van der Waals surface area contributed by atoms with Gasteiger partial charge in [-0.1, -0.05) is 45.9 Å². The smallest absolute Gasteiger partial charge is 0.412 e. The number of alkyl halides is 3. The summed E-state index contributed by atoms with van der Waals surface area (Å²) in [5.74, 6) is -2.08. The predicted octanol–water partition coefficient (Wildman–Crippen LogP) is 6.61. The van der Waals surface area contributed by atoms with Gasteiger partial charge in [-0.05, 0) is 38.3 Å². The number of esters is 1. The molecule has 2 heterocycles. The number of carbonyl (C=O) groups excluding carboxylic acids is 2. The number of carbonyl (C=O) groups is 2. The van der Waals surface area contributed by atoms with Gasteiger partial charge in [0.05, 0.1) is 16.8 Å². The summed E-state index contributed by atoms with van der Waals surface area (Å²) < 4.78 is 46.8. The van der Waals surface area contributed by atoms with E-state index in [4.69, 9.17) is 4.74 Å². The number of aliphatic hydroxyl groups excluding tert-OH is 1. The third kappa shape index (κ3) is 8.40. The molecule has 4 atom stereocenters. The molecule has 2 rings (SSSR count). The summed E-state index contributed by atoms with van der Waals surface area (Å²) in [7, 11) is 0. The zero-order chi connectivity index (χ0) is 27.3. The van der Waals surface area contributed by atoms with E-state index in [0.717, 1.165) is 11.1 Å². The van der Waals surface area contributed by atoms with Gasteiger partial charge in [0.15, 0.2) is 0 Å². The zero-order valence-electron chi connectivity index (χ0n) is 21.7. The molecule has 36 heavy (non-hydrogen) atoms. The number of aryl methyl sites for hydroxylation is 1. The van der Waals surface area contributed by atoms with Crippen LogP contribution in [0.1, 0.15) is 71.0 Å². The molecule has 5 nitrogen and oxygen atoms in total. The molecule has 1 aliphatic rings. The first-order chi connectivity index (χ1) is 16.6. The Kier molecular flexibility index (Phi) is 10.3. The van der Waals surface area contributed by atoms with Gasteiger partial charge in [-0.3, -0.25) is 9.59 Å². The minimum absolute atomic E-state index is 0.0769. The van der Waals surface area contributed by atoms with Crippen LogP contribution in [0.15, 0.2) is 34.8 Å². The van der Waals surface area contributed by atoms with Crippen LogP contribution in [0.2, 0.25) is 0 Å². The minimum Gasteiger partial charge on any atom is -0.457 e. The second-order valence-corrected chi connectivity index (χ2v) is 11.2. The van der Waals surface area contributed by atoms with Gasteiger partial charge in [0.1, 0.15) is 11.9 Å². The van der Waals surface area contributed by atoms with Gasteiger partial charge in [-0.2, -0.15) is 13.2 Å². The SMILES string of the molecule is C/C(=C/c1csc(C)n1)C1C/C=C(/C(F)(F)F)C/C=C/C(C)C(O)C(C)C(=O)C(C)(C)CCC(=O)O1. The first-order valence-electron chi connectivity index (χ1n) is 12.1. The quantitative estimate of drug-likeness (QED) is 0.346. The number of nitrogens with zero attached hydrogens (tertiary/aromatic N) is 1. The lowest BCUT2D eigenvalue weighted by molar-refractivity contribution is -0.148. The van der Waals surface area contributed by atoms with Crippen molar-refractivity contribution in [1.82, 2.24) is 4.98 Å². The van der Waals surface area contributed by atoms with Crippen molar-refractivity contribution < 1.29 is 32.6 Å². The van der Waals surface area contributed by atoms with Crippen LogP contribution in [0, 0.1) is 24.2 Å². The molecule has 0 amide bonds. The number of thiazole rings is 1. The highest BCUT2D eigenvalue weighted by Crippen LogP contribution is 2.33. The van der Waals surface area contributed by atoms with Crippen molar-refractivity contribution in [2.45, 2.75) is 85.6 Å². The van der Waals surface area contributed by atoms with E-state index in [1.165, 1.54) is 23.5 Å². The number of rotatable bonds is 2. The Balaban J connectivity index is 2.45. The maximum atomic E-state index is 13.7. The van der Waals surface area contributed by atoms with Crippen LogP contribution in [0.5, 0.6) is 0 Å². The number of aromatic nitrogens is 1. The first kappa shape index (κ1) is 30.0. The van der Waals surface area contributed by atoms with Gasteiger partial charge in [-0.25, -0.2) is 4.98 Å². The molecule has 9 heteroatoms. The van der Waals surface area contributed by atoms with Crippen molar-refractivity contribution in [3.05, 3.63) is 45.5 Å². The third-order valence-corrected chi connectivity index (χ3v) is 7.39. The summed E-state index contributed by atoms with van der Waals surface area (Å²) in [4.78, 5) is 30.2. The second-order valence-electron chi connectivity index (χ2n) is 10.1. The molecule has 0 aromatic carbocycles. The van der Waals surface area contributed by atoms with Gasteiger partial charge in [0.25, 0.3) is 0 Å². The highest BCUT2D eigenvalue weighted by Gasteiger charge is 2.37. The molecule has 1 aromatic rings. The molecule has 0 bridgehead atoms. The van der Waals surface area contributed by atoms with Crippen molar-refractivity contribution in [1.29, 1.82) is 0 Å². The van der Waals surface area contributed by atoms with Crippen LogP contribution >= 0.6 is 11.3 Å².